The molecular weight excluding hydrogens is 333 g/mol. The summed E-state index contributed by atoms with van der Waals surface area (Å²) in [6.45, 7) is 0. The van der Waals surface area contributed by atoms with Crippen molar-refractivity contribution in [3.05, 3.63) is 78.3 Å². The molecule has 0 saturated heterocycles. The number of nitrogens with one attached hydrogen (secondary N) is 3. The highest BCUT2D eigenvalue weighted by molar-refractivity contribution is 6.09. The van der Waals surface area contributed by atoms with Crippen molar-refractivity contribution in [1.29, 1.82) is 0 Å². The number of amides is 1. The Morgan fingerprint density at radius 3 is 2.77 bits per heavy atom. The lowest BCUT2D eigenvalue weighted by Crippen LogP contribution is -2.19. The molecule has 2 aromatic carbocycles. The Morgan fingerprint density at radius 2 is 2.00 bits per heavy atom. The van der Waals surface area contributed by atoms with E-state index in [1.165, 1.54) is 12.3 Å². The fourth-order valence-corrected chi connectivity index (χ4v) is 2.81. The molecule has 0 unspecified atom stereocenters. The molecule has 6 nitrogen and oxygen atoms in total. The number of aromatic amines is 2. The highest BCUT2D eigenvalue weighted by atomic mass is 19.1. The minimum atomic E-state index is -0.470. The number of H-pyrrole nitrogens is 2. The molecule has 0 fully saturated rings. The van der Waals surface area contributed by atoms with Crippen LogP contribution in [0.1, 0.15) is 16.3 Å². The third kappa shape index (κ3) is 2.86. The molecule has 0 saturated carbocycles. The number of halogens is 1. The molecule has 26 heavy (non-hydrogen) atoms. The summed E-state index contributed by atoms with van der Waals surface area (Å²) in [6.07, 6.45) is 4.62. The van der Waals surface area contributed by atoms with Gasteiger partial charge in [-0.25, -0.2) is 14.8 Å². The van der Waals surface area contributed by atoms with Gasteiger partial charge in [-0.15, -0.1) is 0 Å². The smallest absolute Gasteiger partial charge is 0.288 e. The number of hydrogen-bond donors (Lipinski definition) is 3. The van der Waals surface area contributed by atoms with Crippen molar-refractivity contribution in [3.8, 4) is 11.1 Å². The Kier molecular flexibility index (Phi) is 4.03. The van der Waals surface area contributed by atoms with Crippen molar-refractivity contribution in [2.75, 3.05) is 0 Å². The summed E-state index contributed by atoms with van der Waals surface area (Å²) in [4.78, 5) is 22.4. The van der Waals surface area contributed by atoms with Gasteiger partial charge in [0.05, 0.1) is 11.7 Å². The molecule has 0 aliphatic carbocycles. The first kappa shape index (κ1) is 15.8. The van der Waals surface area contributed by atoms with E-state index in [4.69, 9.17) is 0 Å². The number of imidazole rings is 1. The number of hydrazone groups is 1. The standard InChI is InChI=1S/C19H14FN5O/c20-14-8-4-7-13-16(12-5-2-1-3-6-12)18(24-17(13)14)19(26)25-23-11-15-21-9-10-22-15/h1-11,24H,(H,21,22)(H,25,26). The minimum absolute atomic E-state index is 0.243. The van der Waals surface area contributed by atoms with E-state index in [0.717, 1.165) is 5.56 Å². The van der Waals surface area contributed by atoms with Crippen LogP contribution in [-0.2, 0) is 0 Å². The van der Waals surface area contributed by atoms with Crippen molar-refractivity contribution in [2.24, 2.45) is 5.10 Å². The van der Waals surface area contributed by atoms with Crippen molar-refractivity contribution in [3.63, 3.8) is 0 Å². The normalized spacial score (nSPS) is 11.3. The maximum atomic E-state index is 14.2. The lowest BCUT2D eigenvalue weighted by atomic mass is 10.0. The summed E-state index contributed by atoms with van der Waals surface area (Å²) in [7, 11) is 0. The van der Waals surface area contributed by atoms with Gasteiger partial charge in [-0.3, -0.25) is 4.79 Å². The lowest BCUT2D eigenvalue weighted by molar-refractivity contribution is 0.0951. The zero-order valence-corrected chi connectivity index (χ0v) is 13.5. The monoisotopic (exact) mass is 347 g/mol. The summed E-state index contributed by atoms with van der Waals surface area (Å²) < 4.78 is 14.2. The number of hydrogen-bond acceptors (Lipinski definition) is 3. The molecule has 3 N–H and O–H groups in total. The van der Waals surface area contributed by atoms with E-state index in [9.17, 15) is 9.18 Å². The molecule has 4 aromatic rings. The number of rotatable bonds is 4. The average molecular weight is 347 g/mol. The van der Waals surface area contributed by atoms with Crippen LogP contribution in [0.15, 0.2) is 66.0 Å². The van der Waals surface area contributed by atoms with Crippen molar-refractivity contribution >= 4 is 23.0 Å². The molecule has 4 rings (SSSR count). The Labute approximate surface area is 147 Å². The maximum absolute atomic E-state index is 14.2. The van der Waals surface area contributed by atoms with Gasteiger partial charge in [-0.1, -0.05) is 42.5 Å². The molecule has 2 heterocycles. The average Bonchev–Trinajstić information content (AvgIpc) is 3.30. The van der Waals surface area contributed by atoms with Crippen LogP contribution in [0.4, 0.5) is 4.39 Å². The number of aromatic nitrogens is 3. The first-order chi connectivity index (χ1) is 12.7. The Bertz CT molecular complexity index is 1080. The quantitative estimate of drug-likeness (QED) is 0.390. The molecule has 0 atom stereocenters. The van der Waals surface area contributed by atoms with Crippen LogP contribution in [0.3, 0.4) is 0 Å². The van der Waals surface area contributed by atoms with E-state index in [0.29, 0.717) is 16.8 Å². The molecule has 0 aliphatic rings. The second kappa shape index (κ2) is 6.64. The molecule has 1 amide bonds. The predicted molar refractivity (Wildman–Crippen MR) is 97.3 cm³/mol. The van der Waals surface area contributed by atoms with E-state index in [-0.39, 0.29) is 11.2 Å². The van der Waals surface area contributed by atoms with E-state index >= 15 is 0 Å². The number of para-hydroxylation sites is 1. The van der Waals surface area contributed by atoms with Crippen molar-refractivity contribution in [2.45, 2.75) is 0 Å². The Balaban J connectivity index is 1.76. The number of benzene rings is 2. The van der Waals surface area contributed by atoms with Gasteiger partial charge < -0.3 is 9.97 Å². The van der Waals surface area contributed by atoms with Crippen molar-refractivity contribution in [1.82, 2.24) is 20.4 Å². The van der Waals surface area contributed by atoms with Gasteiger partial charge in [0, 0.05) is 23.3 Å². The van der Waals surface area contributed by atoms with Crippen LogP contribution < -0.4 is 5.43 Å². The Hall–Kier alpha value is -3.74. The number of carbonyl (C=O) groups excluding carboxylic acids is 1. The second-order valence-corrected chi connectivity index (χ2v) is 5.58. The first-order valence-corrected chi connectivity index (χ1v) is 7.92. The van der Waals surface area contributed by atoms with Crippen LogP contribution in [0.5, 0.6) is 0 Å². The number of carbonyl (C=O) groups is 1. The minimum Gasteiger partial charge on any atom is -0.348 e. The van der Waals surface area contributed by atoms with E-state index in [1.54, 1.807) is 24.5 Å². The fraction of sp³-hybridized carbons (Fsp3) is 0. The van der Waals surface area contributed by atoms with E-state index in [2.05, 4.69) is 25.5 Å². The molecule has 128 valence electrons. The third-order valence-corrected chi connectivity index (χ3v) is 3.94. The molecule has 2 aromatic heterocycles. The summed E-state index contributed by atoms with van der Waals surface area (Å²) in [5.74, 6) is -0.378. The molecule has 0 aliphatic heterocycles. The highest BCUT2D eigenvalue weighted by Gasteiger charge is 2.20. The zero-order chi connectivity index (χ0) is 17.9. The highest BCUT2D eigenvalue weighted by Crippen LogP contribution is 2.33. The van der Waals surface area contributed by atoms with Crippen LogP contribution >= 0.6 is 0 Å². The SMILES string of the molecule is O=C(NN=Cc1ncc[nH]1)c1[nH]c2c(F)cccc2c1-c1ccccc1. The summed E-state index contributed by atoms with van der Waals surface area (Å²) >= 11 is 0. The van der Waals surface area contributed by atoms with Gasteiger partial charge in [0.2, 0.25) is 0 Å². The first-order valence-electron chi connectivity index (χ1n) is 7.92. The van der Waals surface area contributed by atoms with Crippen LogP contribution in [0.2, 0.25) is 0 Å². The van der Waals surface area contributed by atoms with E-state index < -0.39 is 11.7 Å². The predicted octanol–water partition coefficient (Wildman–Crippen LogP) is 3.46. The number of fused-ring (bicyclic) bond motifs is 1. The van der Waals surface area contributed by atoms with Crippen LogP contribution in [-0.4, -0.2) is 27.1 Å². The molecule has 7 heteroatoms. The molecule has 0 bridgehead atoms. The van der Waals surface area contributed by atoms with Crippen LogP contribution in [0, 0.1) is 5.82 Å². The van der Waals surface area contributed by atoms with Gasteiger partial charge in [0.1, 0.15) is 17.3 Å². The largest absolute Gasteiger partial charge is 0.348 e. The Morgan fingerprint density at radius 1 is 1.15 bits per heavy atom. The summed E-state index contributed by atoms with van der Waals surface area (Å²) in [6, 6.07) is 14.1. The maximum Gasteiger partial charge on any atom is 0.288 e. The molecule has 0 spiro atoms. The summed E-state index contributed by atoms with van der Waals surface area (Å²) in [5, 5.41) is 4.52. The van der Waals surface area contributed by atoms with Gasteiger partial charge in [-0.05, 0) is 11.6 Å². The van der Waals surface area contributed by atoms with Crippen LogP contribution in [0.25, 0.3) is 22.0 Å². The number of nitrogens with zero attached hydrogens (tertiary/aromatic N) is 2. The van der Waals surface area contributed by atoms with Gasteiger partial charge in [-0.2, -0.15) is 5.10 Å². The fourth-order valence-electron chi connectivity index (χ4n) is 2.81. The molecular formula is C19H14FN5O. The van der Waals surface area contributed by atoms with Gasteiger partial charge in [0.15, 0.2) is 0 Å². The molecule has 0 radical (unpaired) electrons. The van der Waals surface area contributed by atoms with E-state index in [1.807, 2.05) is 30.3 Å². The third-order valence-electron chi connectivity index (χ3n) is 3.94. The second-order valence-electron chi connectivity index (χ2n) is 5.58. The summed E-state index contributed by atoms with van der Waals surface area (Å²) in [5.41, 5.74) is 4.41. The van der Waals surface area contributed by atoms with Crippen molar-refractivity contribution < 1.29 is 9.18 Å². The zero-order valence-electron chi connectivity index (χ0n) is 13.5. The van der Waals surface area contributed by atoms with Gasteiger partial charge in [0.25, 0.3) is 5.91 Å². The lowest BCUT2D eigenvalue weighted by Gasteiger charge is -2.04. The van der Waals surface area contributed by atoms with Gasteiger partial charge >= 0.3 is 0 Å². The topological polar surface area (TPSA) is 85.9 Å².